The van der Waals surface area contributed by atoms with Crippen molar-refractivity contribution in [2.75, 3.05) is 27.2 Å². The van der Waals surface area contributed by atoms with Crippen molar-refractivity contribution < 1.29 is 4.74 Å². The maximum absolute atomic E-state index is 5.43. The van der Waals surface area contributed by atoms with Crippen molar-refractivity contribution in [1.82, 2.24) is 10.2 Å². The van der Waals surface area contributed by atoms with E-state index in [1.807, 2.05) is 12.1 Å². The number of ether oxygens (including phenoxy) is 1. The van der Waals surface area contributed by atoms with E-state index in [0.29, 0.717) is 6.04 Å². The Balaban J connectivity index is 2.05. The van der Waals surface area contributed by atoms with E-state index in [-0.39, 0.29) is 0 Å². The fourth-order valence-corrected chi connectivity index (χ4v) is 2.92. The average molecular weight is 313 g/mol. The first-order chi connectivity index (χ1) is 8.70. The lowest BCUT2D eigenvalue weighted by Gasteiger charge is -2.32. The van der Waals surface area contributed by atoms with Gasteiger partial charge in [0.2, 0.25) is 0 Å². The summed E-state index contributed by atoms with van der Waals surface area (Å²) in [4.78, 5) is 2.44. The number of halogens is 1. The molecule has 100 valence electrons. The minimum atomic E-state index is 0.676. The third kappa shape index (κ3) is 3.46. The van der Waals surface area contributed by atoms with Gasteiger partial charge < -0.3 is 10.1 Å². The first-order valence-electron chi connectivity index (χ1n) is 6.44. The van der Waals surface area contributed by atoms with E-state index < -0.39 is 0 Å². The second-order valence-corrected chi connectivity index (χ2v) is 5.77. The normalized spacial score (nSPS) is 17.1. The molecule has 0 saturated carbocycles. The maximum Gasteiger partial charge on any atom is 0.123 e. The molecule has 0 spiro atoms. The van der Waals surface area contributed by atoms with Crippen LogP contribution in [0.4, 0.5) is 0 Å². The molecular weight excluding hydrogens is 292 g/mol. The van der Waals surface area contributed by atoms with Gasteiger partial charge in [0.1, 0.15) is 5.75 Å². The summed E-state index contributed by atoms with van der Waals surface area (Å²) in [6, 6.07) is 6.87. The molecule has 1 fully saturated rings. The minimum Gasteiger partial charge on any atom is -0.496 e. The van der Waals surface area contributed by atoms with Crippen LogP contribution >= 0.6 is 15.9 Å². The number of nitrogens with zero attached hydrogens (tertiary/aromatic N) is 1. The lowest BCUT2D eigenvalue weighted by molar-refractivity contribution is 0.190. The molecule has 0 radical (unpaired) electrons. The van der Waals surface area contributed by atoms with Gasteiger partial charge in [0, 0.05) is 22.6 Å². The van der Waals surface area contributed by atoms with Crippen LogP contribution < -0.4 is 10.1 Å². The average Bonchev–Trinajstić information content (AvgIpc) is 2.40. The van der Waals surface area contributed by atoms with Crippen LogP contribution in [0, 0.1) is 0 Å². The summed E-state index contributed by atoms with van der Waals surface area (Å²) < 4.78 is 6.54. The van der Waals surface area contributed by atoms with E-state index in [0.717, 1.165) is 29.9 Å². The highest BCUT2D eigenvalue weighted by atomic mass is 79.9. The van der Waals surface area contributed by atoms with Gasteiger partial charge >= 0.3 is 0 Å². The fourth-order valence-electron chi connectivity index (χ4n) is 2.52. The van der Waals surface area contributed by atoms with Crippen molar-refractivity contribution in [2.45, 2.75) is 25.4 Å². The number of hydrogen-bond acceptors (Lipinski definition) is 3. The molecule has 1 saturated heterocycles. The molecule has 18 heavy (non-hydrogen) atoms. The molecule has 0 aromatic heterocycles. The third-order valence-electron chi connectivity index (χ3n) is 3.59. The van der Waals surface area contributed by atoms with Crippen LogP contribution in [0.5, 0.6) is 5.75 Å². The summed E-state index contributed by atoms with van der Waals surface area (Å²) in [6.45, 7) is 3.20. The Labute approximate surface area is 118 Å². The highest BCUT2D eigenvalue weighted by Crippen LogP contribution is 2.25. The molecule has 0 aliphatic carbocycles. The first kappa shape index (κ1) is 13.8. The molecule has 1 aliphatic heterocycles. The van der Waals surface area contributed by atoms with E-state index in [1.165, 1.54) is 18.4 Å². The second-order valence-electron chi connectivity index (χ2n) is 4.85. The Morgan fingerprint density at radius 2 is 2.11 bits per heavy atom. The zero-order chi connectivity index (χ0) is 13.0. The van der Waals surface area contributed by atoms with Crippen molar-refractivity contribution in [3.05, 3.63) is 28.2 Å². The van der Waals surface area contributed by atoms with Crippen LogP contribution in [-0.2, 0) is 6.54 Å². The smallest absolute Gasteiger partial charge is 0.123 e. The minimum absolute atomic E-state index is 0.676. The summed E-state index contributed by atoms with van der Waals surface area (Å²) >= 11 is 3.53. The van der Waals surface area contributed by atoms with E-state index in [2.05, 4.69) is 39.3 Å². The van der Waals surface area contributed by atoms with E-state index in [9.17, 15) is 0 Å². The molecule has 1 heterocycles. The molecule has 0 amide bonds. The molecule has 2 rings (SSSR count). The van der Waals surface area contributed by atoms with E-state index in [1.54, 1.807) is 7.11 Å². The number of methoxy groups -OCH3 is 1. The number of benzene rings is 1. The number of piperidine rings is 1. The van der Waals surface area contributed by atoms with Gasteiger partial charge in [0.25, 0.3) is 0 Å². The predicted molar refractivity (Wildman–Crippen MR) is 78.1 cm³/mol. The summed E-state index contributed by atoms with van der Waals surface area (Å²) in [6.07, 6.45) is 2.46. The van der Waals surface area contributed by atoms with Gasteiger partial charge in [-0.25, -0.2) is 0 Å². The highest BCUT2D eigenvalue weighted by Gasteiger charge is 2.18. The lowest BCUT2D eigenvalue weighted by atomic mass is 10.0. The maximum atomic E-state index is 5.43. The van der Waals surface area contributed by atoms with Crippen LogP contribution in [0.2, 0.25) is 0 Å². The zero-order valence-electron chi connectivity index (χ0n) is 11.1. The molecule has 0 unspecified atom stereocenters. The van der Waals surface area contributed by atoms with Crippen molar-refractivity contribution in [1.29, 1.82) is 0 Å². The molecular formula is C14H21BrN2O. The monoisotopic (exact) mass is 312 g/mol. The summed E-state index contributed by atoms with van der Waals surface area (Å²) in [7, 11) is 3.94. The van der Waals surface area contributed by atoms with Crippen molar-refractivity contribution >= 4 is 15.9 Å². The van der Waals surface area contributed by atoms with Gasteiger partial charge in [-0.1, -0.05) is 15.9 Å². The predicted octanol–water partition coefficient (Wildman–Crippen LogP) is 2.64. The summed E-state index contributed by atoms with van der Waals surface area (Å²) in [5.74, 6) is 0.971. The molecule has 1 N–H and O–H groups in total. The molecule has 3 nitrogen and oxygen atoms in total. The SMILES string of the molecule is COc1ccc(Br)cc1CN(C)C1CCNCC1. The first-order valence-corrected chi connectivity index (χ1v) is 7.23. The van der Waals surface area contributed by atoms with Crippen LogP contribution in [0.3, 0.4) is 0 Å². The van der Waals surface area contributed by atoms with Crippen LogP contribution in [0.25, 0.3) is 0 Å². The molecule has 1 aromatic rings. The molecule has 0 bridgehead atoms. The van der Waals surface area contributed by atoms with Gasteiger partial charge in [0.15, 0.2) is 0 Å². The highest BCUT2D eigenvalue weighted by molar-refractivity contribution is 9.10. The standard InChI is InChI=1S/C14H21BrN2O/c1-17(13-5-7-16-8-6-13)10-11-9-12(15)3-4-14(11)18-2/h3-4,9,13,16H,5-8,10H2,1-2H3. The Kier molecular flexibility index (Phi) is 5.03. The summed E-state index contributed by atoms with van der Waals surface area (Å²) in [5.41, 5.74) is 1.24. The van der Waals surface area contributed by atoms with Gasteiger partial charge in [-0.2, -0.15) is 0 Å². The van der Waals surface area contributed by atoms with Crippen molar-refractivity contribution in [3.8, 4) is 5.75 Å². The number of nitrogens with one attached hydrogen (secondary N) is 1. The Hall–Kier alpha value is -0.580. The molecule has 1 aromatic carbocycles. The molecule has 4 heteroatoms. The Morgan fingerprint density at radius 1 is 1.39 bits per heavy atom. The lowest BCUT2D eigenvalue weighted by Crippen LogP contribution is -2.40. The van der Waals surface area contributed by atoms with Gasteiger partial charge in [-0.15, -0.1) is 0 Å². The van der Waals surface area contributed by atoms with Gasteiger partial charge in [-0.3, -0.25) is 4.90 Å². The molecule has 1 aliphatic rings. The van der Waals surface area contributed by atoms with Crippen molar-refractivity contribution in [3.63, 3.8) is 0 Å². The molecule has 0 atom stereocenters. The van der Waals surface area contributed by atoms with Crippen LogP contribution in [0.1, 0.15) is 18.4 Å². The Morgan fingerprint density at radius 3 is 2.78 bits per heavy atom. The number of hydrogen-bond donors (Lipinski definition) is 1. The third-order valence-corrected chi connectivity index (χ3v) is 4.09. The van der Waals surface area contributed by atoms with E-state index in [4.69, 9.17) is 4.74 Å². The summed E-state index contributed by atoms with van der Waals surface area (Å²) in [5, 5.41) is 3.41. The van der Waals surface area contributed by atoms with Gasteiger partial charge in [0.05, 0.1) is 7.11 Å². The quantitative estimate of drug-likeness (QED) is 0.925. The van der Waals surface area contributed by atoms with Crippen molar-refractivity contribution in [2.24, 2.45) is 0 Å². The topological polar surface area (TPSA) is 24.5 Å². The largest absolute Gasteiger partial charge is 0.496 e. The van der Waals surface area contributed by atoms with Crippen LogP contribution in [-0.4, -0.2) is 38.2 Å². The number of rotatable bonds is 4. The van der Waals surface area contributed by atoms with Crippen LogP contribution in [0.15, 0.2) is 22.7 Å². The van der Waals surface area contributed by atoms with Gasteiger partial charge in [-0.05, 0) is 51.2 Å². The Bertz CT molecular complexity index is 391. The zero-order valence-corrected chi connectivity index (χ0v) is 12.7. The van der Waals surface area contributed by atoms with E-state index >= 15 is 0 Å². The second kappa shape index (κ2) is 6.55. The fraction of sp³-hybridized carbons (Fsp3) is 0.571.